The number of nitrogens with one attached hydrogen (secondary N) is 1. The van der Waals surface area contributed by atoms with E-state index in [9.17, 15) is 0 Å². The van der Waals surface area contributed by atoms with Crippen molar-refractivity contribution in [2.75, 3.05) is 13.6 Å². The molecule has 1 aromatic carbocycles. The zero-order valence-corrected chi connectivity index (χ0v) is 11.9. The van der Waals surface area contributed by atoms with Crippen LogP contribution in [0, 0.1) is 0 Å². The van der Waals surface area contributed by atoms with Gasteiger partial charge in [-0.25, -0.2) is 0 Å². The fraction of sp³-hybridized carbons (Fsp3) is 0.500. The van der Waals surface area contributed by atoms with E-state index in [0.29, 0.717) is 0 Å². The van der Waals surface area contributed by atoms with Crippen molar-refractivity contribution in [1.29, 1.82) is 0 Å². The number of likely N-dealkylation sites (N-methyl/N-ethyl adjacent to an activating group) is 1. The van der Waals surface area contributed by atoms with Gasteiger partial charge in [0.05, 0.1) is 0 Å². The van der Waals surface area contributed by atoms with E-state index in [1.54, 1.807) is 0 Å². The van der Waals surface area contributed by atoms with Crippen LogP contribution in [-0.4, -0.2) is 34.7 Å². The normalized spacial score (nSPS) is 12.1. The van der Waals surface area contributed by atoms with Crippen LogP contribution in [0.3, 0.4) is 0 Å². The van der Waals surface area contributed by atoms with Gasteiger partial charge in [0, 0.05) is 0 Å². The molecule has 1 aromatic rings. The Labute approximate surface area is 97.5 Å². The summed E-state index contributed by atoms with van der Waals surface area (Å²) in [5, 5.41) is 3.30. The summed E-state index contributed by atoms with van der Waals surface area (Å²) in [7, 11) is 2.05. The molecule has 2 heteroatoms. The molecule has 14 heavy (non-hydrogen) atoms. The zero-order chi connectivity index (χ0) is 10.2. The summed E-state index contributed by atoms with van der Waals surface area (Å²) in [5.41, 5.74) is 1.51. The first-order valence-electron chi connectivity index (χ1n) is 5.28. The van der Waals surface area contributed by atoms with Crippen LogP contribution in [0.4, 0.5) is 0 Å². The Bertz CT molecular complexity index is 235. The molecule has 1 rings (SSSR count). The zero-order valence-electron chi connectivity index (χ0n) is 9.09. The first kappa shape index (κ1) is 12.1. The minimum absolute atomic E-state index is 0.0876. The van der Waals surface area contributed by atoms with Gasteiger partial charge >= 0.3 is 97.7 Å². The Balaban J connectivity index is 2.58. The topological polar surface area (TPSA) is 12.0 Å². The summed E-state index contributed by atoms with van der Waals surface area (Å²) in [6.45, 7) is 3.46. The first-order chi connectivity index (χ1) is 6.88. The Morgan fingerprint density at radius 2 is 2.00 bits per heavy atom. The van der Waals surface area contributed by atoms with Crippen LogP contribution in [0.1, 0.15) is 18.4 Å². The van der Waals surface area contributed by atoms with Gasteiger partial charge in [0.15, 0.2) is 0 Å². The molecule has 0 saturated carbocycles. The predicted molar refractivity (Wildman–Crippen MR) is 64.2 cm³/mol. The minimum atomic E-state index is -0.0876. The predicted octanol–water partition coefficient (Wildman–Crippen LogP) is 2.55. The van der Waals surface area contributed by atoms with Crippen LogP contribution in [0.5, 0.6) is 0 Å². The van der Waals surface area contributed by atoms with E-state index in [0.717, 1.165) is 12.5 Å². The van der Waals surface area contributed by atoms with Crippen molar-refractivity contribution in [1.82, 2.24) is 5.32 Å². The molecule has 0 heterocycles. The summed E-state index contributed by atoms with van der Waals surface area (Å²) in [6, 6.07) is 10.9. The van der Waals surface area contributed by atoms with Crippen LogP contribution in [0.2, 0.25) is 8.87 Å². The van der Waals surface area contributed by atoms with Crippen molar-refractivity contribution >= 4 is 21.1 Å². The van der Waals surface area contributed by atoms with Crippen LogP contribution >= 0.6 is 0 Å². The third-order valence-corrected chi connectivity index (χ3v) is 6.02. The van der Waals surface area contributed by atoms with E-state index >= 15 is 0 Å². The number of hydrogen-bond donors (Lipinski definition) is 1. The summed E-state index contributed by atoms with van der Waals surface area (Å²) >= 11 is -0.0876. The second-order valence-electron chi connectivity index (χ2n) is 3.47. The van der Waals surface area contributed by atoms with Gasteiger partial charge in [-0.1, -0.05) is 0 Å². The van der Waals surface area contributed by atoms with Gasteiger partial charge in [-0.3, -0.25) is 0 Å². The van der Waals surface area contributed by atoms with Crippen molar-refractivity contribution in [3.8, 4) is 0 Å². The quantitative estimate of drug-likeness (QED) is 0.796. The van der Waals surface area contributed by atoms with Gasteiger partial charge in [-0.2, -0.15) is 0 Å². The fourth-order valence-electron chi connectivity index (χ4n) is 1.60. The Kier molecular flexibility index (Phi) is 6.28. The summed E-state index contributed by atoms with van der Waals surface area (Å²) in [4.78, 5) is 0. The monoisotopic (exact) mass is 297 g/mol. The van der Waals surface area contributed by atoms with E-state index in [1.807, 2.05) is 7.05 Å². The van der Waals surface area contributed by atoms with Crippen LogP contribution < -0.4 is 5.32 Å². The SMILES string of the molecule is C[CH2][Sn+2][CH2]C(CNC)c1ccccc1. The van der Waals surface area contributed by atoms with Gasteiger partial charge in [0.1, 0.15) is 0 Å². The van der Waals surface area contributed by atoms with Crippen LogP contribution in [0.15, 0.2) is 30.3 Å². The molecule has 74 valence electrons. The summed E-state index contributed by atoms with van der Waals surface area (Å²) in [5.74, 6) is 0.757. The molecular formula is C12H19NSn+2. The summed E-state index contributed by atoms with van der Waals surface area (Å²) < 4.78 is 2.92. The third kappa shape index (κ3) is 4.01. The van der Waals surface area contributed by atoms with E-state index < -0.39 is 0 Å². The van der Waals surface area contributed by atoms with Gasteiger partial charge in [-0.15, -0.1) is 0 Å². The van der Waals surface area contributed by atoms with Crippen LogP contribution in [0.25, 0.3) is 0 Å². The molecule has 0 radical (unpaired) electrons. The fourth-order valence-corrected chi connectivity index (χ4v) is 4.50. The van der Waals surface area contributed by atoms with Crippen molar-refractivity contribution in [2.24, 2.45) is 0 Å². The maximum absolute atomic E-state index is 3.30. The first-order valence-corrected chi connectivity index (χ1v) is 9.32. The molecule has 0 aliphatic rings. The van der Waals surface area contributed by atoms with E-state index in [4.69, 9.17) is 0 Å². The van der Waals surface area contributed by atoms with E-state index in [2.05, 4.69) is 42.6 Å². The molecule has 1 N–H and O–H groups in total. The molecule has 0 aromatic heterocycles. The van der Waals surface area contributed by atoms with E-state index in [1.165, 1.54) is 14.4 Å². The van der Waals surface area contributed by atoms with Crippen molar-refractivity contribution in [2.45, 2.75) is 21.7 Å². The Morgan fingerprint density at radius 3 is 2.57 bits per heavy atom. The molecule has 0 fully saturated rings. The van der Waals surface area contributed by atoms with Crippen molar-refractivity contribution in [3.05, 3.63) is 35.9 Å². The molecule has 1 atom stereocenters. The second-order valence-corrected chi connectivity index (χ2v) is 8.08. The van der Waals surface area contributed by atoms with Gasteiger partial charge in [0.25, 0.3) is 0 Å². The standard InChI is InChI=1S/C10H14N.C2H5.Sn/c1-9(8-11-2)10-6-4-3-5-7-10;1-2;/h3-7,9,11H,1,8H2,2H3;1H2,2H3;/q;;+2. The van der Waals surface area contributed by atoms with Crippen molar-refractivity contribution < 1.29 is 0 Å². The number of benzene rings is 1. The van der Waals surface area contributed by atoms with Gasteiger partial charge in [0.2, 0.25) is 0 Å². The molecule has 0 saturated heterocycles. The average Bonchev–Trinajstić information content (AvgIpc) is 2.25. The number of rotatable bonds is 6. The van der Waals surface area contributed by atoms with Crippen LogP contribution in [-0.2, 0) is 0 Å². The molecule has 0 amide bonds. The molecule has 0 aliphatic heterocycles. The molecule has 0 aliphatic carbocycles. The summed E-state index contributed by atoms with van der Waals surface area (Å²) in [6.07, 6.45) is 0. The molecule has 1 nitrogen and oxygen atoms in total. The second kappa shape index (κ2) is 7.29. The van der Waals surface area contributed by atoms with Crippen molar-refractivity contribution in [3.63, 3.8) is 0 Å². The Morgan fingerprint density at radius 1 is 1.29 bits per heavy atom. The number of hydrogen-bond acceptors (Lipinski definition) is 1. The molecule has 0 spiro atoms. The van der Waals surface area contributed by atoms with Gasteiger partial charge < -0.3 is 0 Å². The average molecular weight is 296 g/mol. The molecule has 1 unspecified atom stereocenters. The maximum atomic E-state index is 3.30. The van der Waals surface area contributed by atoms with Gasteiger partial charge in [-0.05, 0) is 0 Å². The molecular weight excluding hydrogens is 277 g/mol. The Hall–Kier alpha value is -0.0213. The molecule has 0 bridgehead atoms. The third-order valence-electron chi connectivity index (χ3n) is 2.36. The van der Waals surface area contributed by atoms with E-state index in [-0.39, 0.29) is 21.1 Å².